The van der Waals surface area contributed by atoms with E-state index in [-0.39, 0.29) is 18.3 Å². The summed E-state index contributed by atoms with van der Waals surface area (Å²) in [6.07, 6.45) is 0.161. The van der Waals surface area contributed by atoms with Gasteiger partial charge in [-0.15, -0.1) is 0 Å². The first-order valence-electron chi connectivity index (χ1n) is 9.69. The summed E-state index contributed by atoms with van der Waals surface area (Å²) in [7, 11) is 1.60. The molecule has 0 saturated heterocycles. The third-order valence-electron chi connectivity index (χ3n) is 5.06. The first-order valence-corrected chi connectivity index (χ1v) is 9.69. The zero-order valence-electron chi connectivity index (χ0n) is 16.9. The molecule has 1 aliphatic rings. The molecule has 3 aromatic carbocycles. The van der Waals surface area contributed by atoms with Crippen molar-refractivity contribution in [1.82, 2.24) is 0 Å². The average Bonchev–Trinajstić information content (AvgIpc) is 2.78. The van der Waals surface area contributed by atoms with Crippen LogP contribution in [-0.4, -0.2) is 13.1 Å². The minimum Gasteiger partial charge on any atom is -0.497 e. The van der Waals surface area contributed by atoms with Crippen molar-refractivity contribution < 1.29 is 19.0 Å². The SMILES string of the molecule is COc1ccc(C2C(C#N)=C(N)Oc3cc(OC(=O)Cc4ccccc4)ccc32)cc1. The van der Waals surface area contributed by atoms with E-state index in [1.165, 1.54) is 0 Å². The number of carbonyl (C=O) groups is 1. The molecule has 0 spiro atoms. The highest BCUT2D eigenvalue weighted by molar-refractivity contribution is 5.75. The molecule has 154 valence electrons. The maximum Gasteiger partial charge on any atom is 0.315 e. The number of hydrogen-bond acceptors (Lipinski definition) is 6. The van der Waals surface area contributed by atoms with Crippen LogP contribution in [0.4, 0.5) is 0 Å². The number of ether oxygens (including phenoxy) is 3. The summed E-state index contributed by atoms with van der Waals surface area (Å²) in [4.78, 5) is 12.3. The summed E-state index contributed by atoms with van der Waals surface area (Å²) in [5.74, 6) is 0.767. The zero-order valence-corrected chi connectivity index (χ0v) is 16.9. The molecule has 1 unspecified atom stereocenters. The number of allylic oxidation sites excluding steroid dienone is 1. The normalized spacial score (nSPS) is 14.8. The molecule has 0 aliphatic carbocycles. The number of rotatable bonds is 5. The van der Waals surface area contributed by atoms with Crippen LogP contribution in [0.5, 0.6) is 17.2 Å². The first-order chi connectivity index (χ1) is 15.1. The second-order valence-corrected chi connectivity index (χ2v) is 7.03. The van der Waals surface area contributed by atoms with E-state index < -0.39 is 5.92 Å². The summed E-state index contributed by atoms with van der Waals surface area (Å²) in [6, 6.07) is 24.1. The second-order valence-electron chi connectivity index (χ2n) is 7.03. The molecule has 0 fully saturated rings. The van der Waals surface area contributed by atoms with E-state index in [0.717, 1.165) is 16.7 Å². The lowest BCUT2D eigenvalue weighted by Gasteiger charge is -2.26. The smallest absolute Gasteiger partial charge is 0.315 e. The van der Waals surface area contributed by atoms with Crippen LogP contribution in [0.3, 0.4) is 0 Å². The Kier molecular flexibility index (Phi) is 5.59. The summed E-state index contributed by atoms with van der Waals surface area (Å²) in [5.41, 5.74) is 8.87. The highest BCUT2D eigenvalue weighted by atomic mass is 16.5. The lowest BCUT2D eigenvalue weighted by atomic mass is 9.83. The maximum atomic E-state index is 12.3. The van der Waals surface area contributed by atoms with Crippen molar-refractivity contribution in [1.29, 1.82) is 5.26 Å². The molecule has 3 aromatic rings. The quantitative estimate of drug-likeness (QED) is 0.502. The molecule has 1 atom stereocenters. The van der Waals surface area contributed by atoms with E-state index in [1.807, 2.05) is 54.6 Å². The second kappa shape index (κ2) is 8.64. The molecule has 0 amide bonds. The molecule has 1 heterocycles. The van der Waals surface area contributed by atoms with Crippen LogP contribution in [0.25, 0.3) is 0 Å². The van der Waals surface area contributed by atoms with Crippen molar-refractivity contribution in [2.75, 3.05) is 7.11 Å². The Bertz CT molecular complexity index is 1180. The van der Waals surface area contributed by atoms with Crippen molar-refractivity contribution >= 4 is 5.97 Å². The molecule has 6 heteroatoms. The molecule has 0 aromatic heterocycles. The minimum atomic E-state index is -0.395. The van der Waals surface area contributed by atoms with E-state index >= 15 is 0 Å². The lowest BCUT2D eigenvalue weighted by molar-refractivity contribution is -0.133. The Labute approximate surface area is 180 Å². The number of fused-ring (bicyclic) bond motifs is 1. The number of esters is 1. The van der Waals surface area contributed by atoms with Crippen LogP contribution in [0.2, 0.25) is 0 Å². The summed E-state index contributed by atoms with van der Waals surface area (Å²) >= 11 is 0. The van der Waals surface area contributed by atoms with Gasteiger partial charge in [-0.2, -0.15) is 5.26 Å². The molecule has 0 radical (unpaired) electrons. The first kappa shape index (κ1) is 20.0. The molecule has 0 saturated carbocycles. The van der Waals surface area contributed by atoms with Crippen molar-refractivity contribution in [3.8, 4) is 23.3 Å². The van der Waals surface area contributed by atoms with Crippen LogP contribution in [0, 0.1) is 11.3 Å². The van der Waals surface area contributed by atoms with Gasteiger partial charge in [0.15, 0.2) is 0 Å². The maximum absolute atomic E-state index is 12.3. The van der Waals surface area contributed by atoms with Crippen LogP contribution >= 0.6 is 0 Å². The van der Waals surface area contributed by atoms with E-state index in [4.69, 9.17) is 19.9 Å². The van der Waals surface area contributed by atoms with Gasteiger partial charge in [-0.25, -0.2) is 0 Å². The molecule has 31 heavy (non-hydrogen) atoms. The largest absolute Gasteiger partial charge is 0.497 e. The topological polar surface area (TPSA) is 94.6 Å². The van der Waals surface area contributed by atoms with Gasteiger partial charge in [0.25, 0.3) is 0 Å². The Morgan fingerprint density at radius 2 is 1.77 bits per heavy atom. The third kappa shape index (κ3) is 4.21. The highest BCUT2D eigenvalue weighted by Gasteiger charge is 2.31. The van der Waals surface area contributed by atoms with Crippen molar-refractivity contribution in [3.05, 3.63) is 101 Å². The fourth-order valence-electron chi connectivity index (χ4n) is 3.57. The number of benzene rings is 3. The van der Waals surface area contributed by atoms with Gasteiger partial charge in [0.2, 0.25) is 5.88 Å². The molecule has 0 bridgehead atoms. The van der Waals surface area contributed by atoms with Gasteiger partial charge >= 0.3 is 5.97 Å². The minimum absolute atomic E-state index is 0.0311. The zero-order chi connectivity index (χ0) is 21.8. The fourth-order valence-corrected chi connectivity index (χ4v) is 3.57. The van der Waals surface area contributed by atoms with Crippen molar-refractivity contribution in [2.24, 2.45) is 5.73 Å². The fraction of sp³-hybridized carbons (Fsp3) is 0.120. The van der Waals surface area contributed by atoms with Gasteiger partial charge in [-0.05, 0) is 29.3 Å². The van der Waals surface area contributed by atoms with Crippen LogP contribution in [-0.2, 0) is 11.2 Å². The lowest BCUT2D eigenvalue weighted by Crippen LogP contribution is -2.21. The standard InChI is InChI=1S/C25H20N2O4/c1-29-18-9-7-17(8-10-18)24-20-12-11-19(14-22(20)31-25(27)21(24)15-26)30-23(28)13-16-5-3-2-4-6-16/h2-12,14,24H,13,27H2,1H3. The van der Waals surface area contributed by atoms with Crippen LogP contribution < -0.4 is 19.9 Å². The number of hydrogen-bond donors (Lipinski definition) is 1. The van der Waals surface area contributed by atoms with Gasteiger partial charge in [-0.1, -0.05) is 48.5 Å². The van der Waals surface area contributed by atoms with Crippen LogP contribution in [0.15, 0.2) is 84.3 Å². The molecule has 1 aliphatic heterocycles. The summed E-state index contributed by atoms with van der Waals surface area (Å²) < 4.78 is 16.4. The van der Waals surface area contributed by atoms with Gasteiger partial charge in [0.05, 0.1) is 19.4 Å². The van der Waals surface area contributed by atoms with Gasteiger partial charge < -0.3 is 19.9 Å². The average molecular weight is 412 g/mol. The predicted octanol–water partition coefficient (Wildman–Crippen LogP) is 4.06. The van der Waals surface area contributed by atoms with E-state index in [2.05, 4.69) is 6.07 Å². The third-order valence-corrected chi connectivity index (χ3v) is 5.06. The predicted molar refractivity (Wildman–Crippen MR) is 115 cm³/mol. The van der Waals surface area contributed by atoms with Crippen molar-refractivity contribution in [2.45, 2.75) is 12.3 Å². The molecule has 4 rings (SSSR count). The molecular weight excluding hydrogens is 392 g/mol. The Hall–Kier alpha value is -4.24. The van der Waals surface area contributed by atoms with Gasteiger partial charge in [0, 0.05) is 11.6 Å². The monoisotopic (exact) mass is 412 g/mol. The Balaban J connectivity index is 1.62. The number of nitrogens with zero attached hydrogens (tertiary/aromatic N) is 1. The van der Waals surface area contributed by atoms with E-state index in [9.17, 15) is 10.1 Å². The summed E-state index contributed by atoms with van der Waals surface area (Å²) in [5, 5.41) is 9.67. The highest BCUT2D eigenvalue weighted by Crippen LogP contribution is 2.43. The number of nitrogens with two attached hydrogens (primary N) is 1. The van der Waals surface area contributed by atoms with Gasteiger partial charge in [-0.3, -0.25) is 4.79 Å². The van der Waals surface area contributed by atoms with Gasteiger partial charge in [0.1, 0.15) is 28.9 Å². The number of carbonyl (C=O) groups excluding carboxylic acids is 1. The molecular formula is C25H20N2O4. The van der Waals surface area contributed by atoms with E-state index in [1.54, 1.807) is 25.3 Å². The van der Waals surface area contributed by atoms with E-state index in [0.29, 0.717) is 22.8 Å². The Morgan fingerprint density at radius 1 is 1.06 bits per heavy atom. The summed E-state index contributed by atoms with van der Waals surface area (Å²) in [6.45, 7) is 0. The van der Waals surface area contributed by atoms with Crippen molar-refractivity contribution in [3.63, 3.8) is 0 Å². The molecule has 6 nitrogen and oxygen atoms in total. The number of nitriles is 1. The number of methoxy groups -OCH3 is 1. The Morgan fingerprint density at radius 3 is 2.45 bits per heavy atom. The molecule has 2 N–H and O–H groups in total. The van der Waals surface area contributed by atoms with Crippen LogP contribution in [0.1, 0.15) is 22.6 Å².